The van der Waals surface area contributed by atoms with Crippen LogP contribution in [0.15, 0.2) is 4.34 Å². The molecule has 1 N–H and O–H groups in total. The van der Waals surface area contributed by atoms with E-state index in [-0.39, 0.29) is 0 Å². The summed E-state index contributed by atoms with van der Waals surface area (Å²) in [5.74, 6) is 0.600. The van der Waals surface area contributed by atoms with E-state index in [0.29, 0.717) is 5.92 Å². The van der Waals surface area contributed by atoms with Crippen LogP contribution in [0, 0.1) is 0 Å². The Labute approximate surface area is 96.3 Å². The lowest BCUT2D eigenvalue weighted by Crippen LogP contribution is -2.26. The van der Waals surface area contributed by atoms with Gasteiger partial charge in [0.25, 0.3) is 0 Å². The molecule has 15 heavy (non-hydrogen) atoms. The van der Waals surface area contributed by atoms with E-state index < -0.39 is 10.7 Å². The minimum absolute atomic E-state index is 0.531. The molecular weight excluding hydrogens is 232 g/mol. The molecule has 0 bridgehead atoms. The molecule has 0 atom stereocenters. The lowest BCUT2D eigenvalue weighted by molar-refractivity contribution is -0.138. The maximum atomic E-state index is 10.9. The summed E-state index contributed by atoms with van der Waals surface area (Å²) in [7, 11) is 0. The molecule has 1 aliphatic rings. The summed E-state index contributed by atoms with van der Waals surface area (Å²) in [6, 6.07) is 0. The summed E-state index contributed by atoms with van der Waals surface area (Å²) < 4.78 is 4.16. The van der Waals surface area contributed by atoms with Crippen LogP contribution in [0.1, 0.15) is 38.4 Å². The van der Waals surface area contributed by atoms with Crippen molar-refractivity contribution in [3.8, 4) is 0 Å². The fourth-order valence-electron chi connectivity index (χ4n) is 1.03. The Kier molecular flexibility index (Phi) is 2.72. The van der Waals surface area contributed by atoms with Crippen molar-refractivity contribution in [1.29, 1.82) is 0 Å². The first-order chi connectivity index (χ1) is 6.99. The zero-order chi connectivity index (χ0) is 11.1. The summed E-state index contributed by atoms with van der Waals surface area (Å²) in [5.41, 5.74) is 0. The molecule has 0 spiro atoms. The molecular formula is C9H12N2O2S2. The van der Waals surface area contributed by atoms with Crippen LogP contribution in [0.3, 0.4) is 0 Å². The largest absolute Gasteiger partial charge is 0.480 e. The van der Waals surface area contributed by atoms with Gasteiger partial charge in [-0.05, 0) is 38.2 Å². The third kappa shape index (κ3) is 2.49. The van der Waals surface area contributed by atoms with Crippen LogP contribution in [0.25, 0.3) is 0 Å². The maximum Gasteiger partial charge on any atom is 0.319 e. The molecule has 1 aromatic heterocycles. The van der Waals surface area contributed by atoms with Gasteiger partial charge in [0, 0.05) is 5.92 Å². The molecule has 1 saturated carbocycles. The smallest absolute Gasteiger partial charge is 0.319 e. The number of carboxylic acid groups (broad SMARTS) is 1. The van der Waals surface area contributed by atoms with E-state index in [1.165, 1.54) is 36.1 Å². The second-order valence-corrected chi connectivity index (χ2v) is 6.73. The first-order valence-corrected chi connectivity index (χ1v) is 6.34. The third-order valence-corrected chi connectivity index (χ3v) is 4.17. The topological polar surface area (TPSA) is 63.1 Å². The molecule has 4 nitrogen and oxygen atoms in total. The first-order valence-electron chi connectivity index (χ1n) is 4.75. The molecule has 1 fully saturated rings. The lowest BCUT2D eigenvalue weighted by Gasteiger charge is -2.15. The molecule has 0 aliphatic heterocycles. The van der Waals surface area contributed by atoms with Crippen molar-refractivity contribution < 1.29 is 9.90 Å². The number of carbonyl (C=O) groups is 1. The molecule has 1 heterocycles. The van der Waals surface area contributed by atoms with Gasteiger partial charge in [0.05, 0.1) is 0 Å². The van der Waals surface area contributed by atoms with Crippen molar-refractivity contribution in [2.45, 2.75) is 41.7 Å². The van der Waals surface area contributed by atoms with Crippen molar-refractivity contribution in [3.63, 3.8) is 0 Å². The van der Waals surface area contributed by atoms with Crippen LogP contribution in [-0.2, 0) is 4.79 Å². The zero-order valence-electron chi connectivity index (χ0n) is 8.56. The van der Waals surface area contributed by atoms with Gasteiger partial charge in [-0.1, -0.05) is 11.8 Å². The van der Waals surface area contributed by atoms with E-state index in [2.05, 4.69) is 9.36 Å². The quantitative estimate of drug-likeness (QED) is 0.824. The normalized spacial score (nSPS) is 16.7. The standard InChI is InChI=1S/C9H12N2O2S2/c1-9(2,7(12)13)14-8-10-6(11-15-8)5-3-4-5/h5H,3-4H2,1-2H3,(H,12,13). The van der Waals surface area contributed by atoms with E-state index >= 15 is 0 Å². The number of carboxylic acids is 1. The molecule has 0 radical (unpaired) electrons. The van der Waals surface area contributed by atoms with Crippen molar-refractivity contribution >= 4 is 29.3 Å². The van der Waals surface area contributed by atoms with Gasteiger partial charge in [-0.15, -0.1) is 0 Å². The minimum Gasteiger partial charge on any atom is -0.480 e. The number of aliphatic carboxylic acids is 1. The van der Waals surface area contributed by atoms with Crippen LogP contribution in [-0.4, -0.2) is 25.2 Å². The average molecular weight is 244 g/mol. The molecule has 0 aromatic carbocycles. The summed E-state index contributed by atoms with van der Waals surface area (Å²) in [6.45, 7) is 3.36. The highest BCUT2D eigenvalue weighted by Gasteiger charge is 2.32. The van der Waals surface area contributed by atoms with Crippen LogP contribution >= 0.6 is 23.3 Å². The van der Waals surface area contributed by atoms with E-state index in [1.807, 2.05) is 0 Å². The predicted molar refractivity (Wildman–Crippen MR) is 59.5 cm³/mol. The Balaban J connectivity index is 2.06. The van der Waals surface area contributed by atoms with E-state index in [4.69, 9.17) is 5.11 Å². The monoisotopic (exact) mass is 244 g/mol. The number of aromatic nitrogens is 2. The zero-order valence-corrected chi connectivity index (χ0v) is 10.2. The number of thioether (sulfide) groups is 1. The summed E-state index contributed by atoms with van der Waals surface area (Å²) in [4.78, 5) is 15.3. The second-order valence-electron chi connectivity index (χ2n) is 4.11. The van der Waals surface area contributed by atoms with Crippen LogP contribution in [0.5, 0.6) is 0 Å². The Morgan fingerprint density at radius 1 is 1.60 bits per heavy atom. The Hall–Kier alpha value is -0.620. The SMILES string of the molecule is CC(C)(Sc1nc(C2CC2)ns1)C(=O)O. The highest BCUT2D eigenvalue weighted by Crippen LogP contribution is 2.41. The fraction of sp³-hybridized carbons (Fsp3) is 0.667. The molecule has 6 heteroatoms. The maximum absolute atomic E-state index is 10.9. The van der Waals surface area contributed by atoms with Gasteiger partial charge in [0.15, 0.2) is 4.34 Å². The molecule has 2 rings (SSSR count). The minimum atomic E-state index is -0.833. The number of hydrogen-bond donors (Lipinski definition) is 1. The van der Waals surface area contributed by atoms with Gasteiger partial charge >= 0.3 is 5.97 Å². The average Bonchev–Trinajstić information content (AvgIpc) is 2.88. The van der Waals surface area contributed by atoms with Crippen LogP contribution in [0.2, 0.25) is 0 Å². The highest BCUT2D eigenvalue weighted by molar-refractivity contribution is 8.02. The predicted octanol–water partition coefficient (Wildman–Crippen LogP) is 2.37. The van der Waals surface area contributed by atoms with Crippen molar-refractivity contribution in [3.05, 3.63) is 5.82 Å². The fourth-order valence-corrected chi connectivity index (χ4v) is 3.08. The van der Waals surface area contributed by atoms with E-state index in [1.54, 1.807) is 13.8 Å². The molecule has 0 saturated heterocycles. The van der Waals surface area contributed by atoms with Gasteiger partial charge in [-0.2, -0.15) is 4.37 Å². The second kappa shape index (κ2) is 3.75. The van der Waals surface area contributed by atoms with E-state index in [9.17, 15) is 4.79 Å². The molecule has 0 amide bonds. The van der Waals surface area contributed by atoms with E-state index in [0.717, 1.165) is 10.2 Å². The summed E-state index contributed by atoms with van der Waals surface area (Å²) in [6.07, 6.45) is 2.34. The highest BCUT2D eigenvalue weighted by atomic mass is 32.2. The molecule has 1 aliphatic carbocycles. The summed E-state index contributed by atoms with van der Waals surface area (Å²) >= 11 is 2.57. The van der Waals surface area contributed by atoms with Gasteiger partial charge in [-0.3, -0.25) is 4.79 Å². The Morgan fingerprint density at radius 3 is 2.80 bits per heavy atom. The first kappa shape index (κ1) is 10.9. The summed E-state index contributed by atoms with van der Waals surface area (Å²) in [5, 5.41) is 8.97. The molecule has 1 aromatic rings. The van der Waals surface area contributed by atoms with Gasteiger partial charge in [-0.25, -0.2) is 4.98 Å². The van der Waals surface area contributed by atoms with Gasteiger partial charge < -0.3 is 5.11 Å². The number of hydrogen-bond acceptors (Lipinski definition) is 5. The number of nitrogens with zero attached hydrogens (tertiary/aromatic N) is 2. The molecule has 0 unspecified atom stereocenters. The van der Waals surface area contributed by atoms with Crippen molar-refractivity contribution in [1.82, 2.24) is 9.36 Å². The van der Waals surface area contributed by atoms with Crippen molar-refractivity contribution in [2.24, 2.45) is 0 Å². The Morgan fingerprint density at radius 2 is 2.27 bits per heavy atom. The van der Waals surface area contributed by atoms with Crippen molar-refractivity contribution in [2.75, 3.05) is 0 Å². The third-order valence-electron chi connectivity index (χ3n) is 2.22. The lowest BCUT2D eigenvalue weighted by atomic mass is 10.2. The van der Waals surface area contributed by atoms with Gasteiger partial charge in [0.1, 0.15) is 10.6 Å². The Bertz CT molecular complexity index is 385. The van der Waals surface area contributed by atoms with Gasteiger partial charge in [0.2, 0.25) is 0 Å². The molecule has 82 valence electrons. The van der Waals surface area contributed by atoms with Crippen LogP contribution < -0.4 is 0 Å². The van der Waals surface area contributed by atoms with Crippen LogP contribution in [0.4, 0.5) is 0 Å². The number of rotatable bonds is 4.